The van der Waals surface area contributed by atoms with Crippen LogP contribution in [-0.2, 0) is 0 Å². The van der Waals surface area contributed by atoms with Gasteiger partial charge in [0.25, 0.3) is 0 Å². The first kappa shape index (κ1) is 13.9. The lowest BCUT2D eigenvalue weighted by Gasteiger charge is -2.39. The number of nitrogens with zero attached hydrogens (tertiary/aromatic N) is 1. The number of hydrogen-bond acceptors (Lipinski definition) is 3. The molecular weight excluding hydrogens is 248 g/mol. The van der Waals surface area contributed by atoms with Crippen molar-refractivity contribution in [2.45, 2.75) is 37.6 Å². The van der Waals surface area contributed by atoms with Crippen LogP contribution in [0.2, 0.25) is 0 Å². The molecular formula is C17H26N2O. The van der Waals surface area contributed by atoms with Crippen molar-refractivity contribution in [3.05, 3.63) is 29.8 Å². The zero-order chi connectivity index (χ0) is 13.8. The van der Waals surface area contributed by atoms with E-state index in [4.69, 9.17) is 4.74 Å². The highest BCUT2D eigenvalue weighted by Crippen LogP contribution is 2.34. The summed E-state index contributed by atoms with van der Waals surface area (Å²) >= 11 is 0. The summed E-state index contributed by atoms with van der Waals surface area (Å²) in [6.45, 7) is 4.87. The van der Waals surface area contributed by atoms with Crippen LogP contribution in [0.5, 0.6) is 5.75 Å². The van der Waals surface area contributed by atoms with Crippen molar-refractivity contribution in [1.82, 2.24) is 10.2 Å². The van der Waals surface area contributed by atoms with Gasteiger partial charge in [0.1, 0.15) is 5.75 Å². The number of rotatable bonds is 3. The average Bonchev–Trinajstić information content (AvgIpc) is 2.56. The largest absolute Gasteiger partial charge is 0.496 e. The third kappa shape index (κ3) is 2.99. The normalized spacial score (nSPS) is 22.9. The summed E-state index contributed by atoms with van der Waals surface area (Å²) in [4.78, 5) is 2.72. The van der Waals surface area contributed by atoms with E-state index in [9.17, 15) is 0 Å². The maximum Gasteiger partial charge on any atom is 0.122 e. The number of ether oxygens (including phenoxy) is 1. The number of nitrogens with one attached hydrogen (secondary N) is 1. The second-order valence-corrected chi connectivity index (χ2v) is 6.03. The van der Waals surface area contributed by atoms with Gasteiger partial charge in [0.2, 0.25) is 0 Å². The average molecular weight is 274 g/mol. The molecule has 0 atom stereocenters. The Morgan fingerprint density at radius 1 is 1.05 bits per heavy atom. The number of para-hydroxylation sites is 1. The molecule has 3 nitrogen and oxygen atoms in total. The van der Waals surface area contributed by atoms with E-state index in [1.165, 1.54) is 57.4 Å². The Morgan fingerprint density at radius 2 is 1.75 bits per heavy atom. The van der Waals surface area contributed by atoms with Gasteiger partial charge in [0.15, 0.2) is 0 Å². The lowest BCUT2D eigenvalue weighted by Crippen LogP contribution is -2.46. The molecule has 2 heterocycles. The van der Waals surface area contributed by atoms with E-state index in [1.54, 1.807) is 7.11 Å². The molecule has 2 aliphatic heterocycles. The maximum absolute atomic E-state index is 5.52. The van der Waals surface area contributed by atoms with Crippen LogP contribution in [0.25, 0.3) is 0 Å². The number of hydrogen-bond donors (Lipinski definition) is 1. The van der Waals surface area contributed by atoms with Gasteiger partial charge in [0, 0.05) is 6.04 Å². The van der Waals surface area contributed by atoms with Gasteiger partial charge in [-0.1, -0.05) is 18.2 Å². The topological polar surface area (TPSA) is 24.5 Å². The molecule has 0 aliphatic carbocycles. The first-order valence-electron chi connectivity index (χ1n) is 7.96. The Labute approximate surface area is 122 Å². The van der Waals surface area contributed by atoms with E-state index in [0.29, 0.717) is 5.92 Å². The minimum absolute atomic E-state index is 0.670. The second-order valence-electron chi connectivity index (χ2n) is 6.03. The van der Waals surface area contributed by atoms with Crippen molar-refractivity contribution in [3.63, 3.8) is 0 Å². The van der Waals surface area contributed by atoms with E-state index in [2.05, 4.69) is 34.5 Å². The SMILES string of the molecule is COc1ccccc1C1CCN(C2CCNCC2)CC1. The maximum atomic E-state index is 5.52. The molecule has 1 aromatic rings. The molecule has 1 N–H and O–H groups in total. The van der Waals surface area contributed by atoms with Crippen molar-refractivity contribution < 1.29 is 4.74 Å². The highest BCUT2D eigenvalue weighted by Gasteiger charge is 2.27. The van der Waals surface area contributed by atoms with Gasteiger partial charge in [-0.25, -0.2) is 0 Å². The summed E-state index contributed by atoms with van der Waals surface area (Å²) in [5.41, 5.74) is 1.40. The van der Waals surface area contributed by atoms with Gasteiger partial charge in [-0.3, -0.25) is 0 Å². The summed E-state index contributed by atoms with van der Waals surface area (Å²) in [6, 6.07) is 9.34. The zero-order valence-electron chi connectivity index (χ0n) is 12.5. The predicted molar refractivity (Wildman–Crippen MR) is 82.4 cm³/mol. The minimum atomic E-state index is 0.670. The predicted octanol–water partition coefficient (Wildman–Crippen LogP) is 2.63. The van der Waals surface area contributed by atoms with E-state index in [-0.39, 0.29) is 0 Å². The Balaban J connectivity index is 1.60. The van der Waals surface area contributed by atoms with Crippen molar-refractivity contribution >= 4 is 0 Å². The molecule has 20 heavy (non-hydrogen) atoms. The first-order chi connectivity index (χ1) is 9.88. The van der Waals surface area contributed by atoms with Crippen molar-refractivity contribution in [2.24, 2.45) is 0 Å². The summed E-state index contributed by atoms with van der Waals surface area (Å²) in [5, 5.41) is 3.46. The van der Waals surface area contributed by atoms with Crippen LogP contribution in [0.4, 0.5) is 0 Å². The van der Waals surface area contributed by atoms with Gasteiger partial charge in [-0.15, -0.1) is 0 Å². The lowest BCUT2D eigenvalue weighted by molar-refractivity contribution is 0.126. The van der Waals surface area contributed by atoms with Crippen molar-refractivity contribution in [1.29, 1.82) is 0 Å². The number of methoxy groups -OCH3 is 1. The summed E-state index contributed by atoms with van der Waals surface area (Å²) < 4.78 is 5.52. The third-order valence-corrected chi connectivity index (χ3v) is 4.93. The molecule has 1 aromatic carbocycles. The summed E-state index contributed by atoms with van der Waals surface area (Å²) in [6.07, 6.45) is 5.17. The van der Waals surface area contributed by atoms with Gasteiger partial charge < -0.3 is 15.0 Å². The Hall–Kier alpha value is -1.06. The quantitative estimate of drug-likeness (QED) is 0.917. The highest BCUT2D eigenvalue weighted by molar-refractivity contribution is 5.36. The molecule has 2 saturated heterocycles. The Bertz CT molecular complexity index is 421. The van der Waals surface area contributed by atoms with Crippen LogP contribution >= 0.6 is 0 Å². The van der Waals surface area contributed by atoms with E-state index >= 15 is 0 Å². The van der Waals surface area contributed by atoms with Crippen LogP contribution in [0.15, 0.2) is 24.3 Å². The molecule has 0 bridgehead atoms. The fourth-order valence-corrected chi connectivity index (χ4v) is 3.75. The van der Waals surface area contributed by atoms with E-state index in [0.717, 1.165) is 11.8 Å². The van der Waals surface area contributed by atoms with E-state index in [1.807, 2.05) is 0 Å². The molecule has 3 rings (SSSR count). The molecule has 0 aromatic heterocycles. The Kier molecular flexibility index (Phi) is 4.58. The van der Waals surface area contributed by atoms with Gasteiger partial charge in [-0.2, -0.15) is 0 Å². The Morgan fingerprint density at radius 3 is 2.45 bits per heavy atom. The molecule has 110 valence electrons. The molecule has 2 aliphatic rings. The molecule has 0 amide bonds. The zero-order valence-corrected chi connectivity index (χ0v) is 12.5. The fourth-order valence-electron chi connectivity index (χ4n) is 3.75. The molecule has 3 heteroatoms. The standard InChI is InChI=1S/C17H26N2O/c1-20-17-5-3-2-4-16(17)14-8-12-19(13-9-14)15-6-10-18-11-7-15/h2-5,14-15,18H,6-13H2,1H3. The monoisotopic (exact) mass is 274 g/mol. The van der Waals surface area contributed by atoms with Gasteiger partial charge in [-0.05, 0) is 69.4 Å². The fraction of sp³-hybridized carbons (Fsp3) is 0.647. The van der Waals surface area contributed by atoms with Crippen LogP contribution < -0.4 is 10.1 Å². The molecule has 2 fully saturated rings. The summed E-state index contributed by atoms with van der Waals surface area (Å²) in [5.74, 6) is 1.73. The minimum Gasteiger partial charge on any atom is -0.496 e. The smallest absolute Gasteiger partial charge is 0.122 e. The molecule has 0 unspecified atom stereocenters. The number of piperidine rings is 2. The highest BCUT2D eigenvalue weighted by atomic mass is 16.5. The number of benzene rings is 1. The van der Waals surface area contributed by atoms with Crippen LogP contribution in [0, 0.1) is 0 Å². The second kappa shape index (κ2) is 6.59. The third-order valence-electron chi connectivity index (χ3n) is 4.93. The van der Waals surface area contributed by atoms with Crippen LogP contribution in [-0.4, -0.2) is 44.2 Å². The first-order valence-corrected chi connectivity index (χ1v) is 7.96. The van der Waals surface area contributed by atoms with Crippen LogP contribution in [0.3, 0.4) is 0 Å². The van der Waals surface area contributed by atoms with Crippen molar-refractivity contribution in [3.8, 4) is 5.75 Å². The van der Waals surface area contributed by atoms with E-state index < -0.39 is 0 Å². The molecule has 0 spiro atoms. The molecule has 0 saturated carbocycles. The van der Waals surface area contributed by atoms with Crippen molar-refractivity contribution in [2.75, 3.05) is 33.3 Å². The van der Waals surface area contributed by atoms with Crippen LogP contribution in [0.1, 0.15) is 37.2 Å². The van der Waals surface area contributed by atoms with Gasteiger partial charge >= 0.3 is 0 Å². The molecule has 0 radical (unpaired) electrons. The number of likely N-dealkylation sites (tertiary alicyclic amines) is 1. The lowest BCUT2D eigenvalue weighted by atomic mass is 9.87. The van der Waals surface area contributed by atoms with Gasteiger partial charge in [0.05, 0.1) is 7.11 Å². The summed E-state index contributed by atoms with van der Waals surface area (Å²) in [7, 11) is 1.78.